The average molecular weight is 377 g/mol. The third-order valence-electron chi connectivity index (χ3n) is 3.36. The fraction of sp³-hybridized carbons (Fsp3) is 0.462. The summed E-state index contributed by atoms with van der Waals surface area (Å²) in [6.07, 6.45) is 3.81. The zero-order chi connectivity index (χ0) is 15.5. The van der Waals surface area contributed by atoms with Gasteiger partial charge in [0.2, 0.25) is 0 Å². The predicted octanol–water partition coefficient (Wildman–Crippen LogP) is 2.68. The maximum Gasteiger partial charge on any atom is 0.335 e. The van der Waals surface area contributed by atoms with Crippen LogP contribution in [0.4, 0.5) is 5.69 Å². The molecule has 0 radical (unpaired) electrons. The zero-order valence-electron chi connectivity index (χ0n) is 11.4. The van der Waals surface area contributed by atoms with Gasteiger partial charge < -0.3 is 5.11 Å². The van der Waals surface area contributed by atoms with E-state index in [9.17, 15) is 13.2 Å². The lowest BCUT2D eigenvalue weighted by molar-refractivity contribution is 0.0697. The van der Waals surface area contributed by atoms with E-state index in [1.54, 1.807) is 0 Å². The Labute approximate surface area is 132 Å². The molecule has 2 N–H and O–H groups in total. The second-order valence-electron chi connectivity index (χ2n) is 4.92. The molecule has 1 aromatic rings. The monoisotopic (exact) mass is 376 g/mol. The van der Waals surface area contributed by atoms with E-state index in [0.29, 0.717) is 23.2 Å². The fourth-order valence-electron chi connectivity index (χ4n) is 2.22. The van der Waals surface area contributed by atoms with Crippen LogP contribution < -0.4 is 4.72 Å². The number of carboxylic acid groups (broad SMARTS) is 1. The van der Waals surface area contributed by atoms with Crippen molar-refractivity contribution >= 4 is 37.8 Å². The van der Waals surface area contributed by atoms with Crippen LogP contribution in [0.25, 0.3) is 0 Å². The molecular weight excluding hydrogens is 360 g/mol. The standard InChI is InChI=1S/C13H17BrN2O4S/c14-11-9-10(13(17)18)5-6-12(11)15-21(19,20)16-7-3-1-2-4-8-16/h5-6,9,15H,1-4,7-8H2,(H,17,18). The highest BCUT2D eigenvalue weighted by Crippen LogP contribution is 2.26. The lowest BCUT2D eigenvalue weighted by Crippen LogP contribution is -2.36. The normalized spacial score (nSPS) is 17.2. The quantitative estimate of drug-likeness (QED) is 0.845. The summed E-state index contributed by atoms with van der Waals surface area (Å²) in [5.41, 5.74) is 0.434. The molecule has 0 amide bonds. The summed E-state index contributed by atoms with van der Waals surface area (Å²) in [7, 11) is -3.61. The van der Waals surface area contributed by atoms with Gasteiger partial charge in [-0.05, 0) is 47.0 Å². The Morgan fingerprint density at radius 2 is 1.81 bits per heavy atom. The first-order valence-electron chi connectivity index (χ1n) is 6.71. The number of carbonyl (C=O) groups is 1. The molecule has 116 valence electrons. The number of hydrogen-bond donors (Lipinski definition) is 2. The van der Waals surface area contributed by atoms with Crippen LogP contribution in [-0.2, 0) is 10.2 Å². The van der Waals surface area contributed by atoms with Crippen LogP contribution in [0.1, 0.15) is 36.0 Å². The van der Waals surface area contributed by atoms with Crippen LogP contribution in [0.2, 0.25) is 0 Å². The van der Waals surface area contributed by atoms with Crippen molar-refractivity contribution in [2.45, 2.75) is 25.7 Å². The molecule has 0 unspecified atom stereocenters. The van der Waals surface area contributed by atoms with Crippen LogP contribution in [-0.4, -0.2) is 36.9 Å². The summed E-state index contributed by atoms with van der Waals surface area (Å²) in [6, 6.07) is 4.19. The molecular formula is C13H17BrN2O4S. The van der Waals surface area contributed by atoms with E-state index < -0.39 is 16.2 Å². The van der Waals surface area contributed by atoms with Crippen molar-refractivity contribution in [3.8, 4) is 0 Å². The van der Waals surface area contributed by atoms with Crippen molar-refractivity contribution in [3.63, 3.8) is 0 Å². The first-order chi connectivity index (χ1) is 9.90. The number of nitrogens with zero attached hydrogens (tertiary/aromatic N) is 1. The highest BCUT2D eigenvalue weighted by atomic mass is 79.9. The summed E-state index contributed by atoms with van der Waals surface area (Å²) in [5, 5.41) is 8.90. The molecule has 1 fully saturated rings. The van der Waals surface area contributed by atoms with E-state index in [1.807, 2.05) is 0 Å². The van der Waals surface area contributed by atoms with Crippen molar-refractivity contribution in [2.24, 2.45) is 0 Å². The fourth-order valence-corrected chi connectivity index (χ4v) is 4.15. The number of nitrogens with one attached hydrogen (secondary N) is 1. The predicted molar refractivity (Wildman–Crippen MR) is 83.7 cm³/mol. The molecule has 1 saturated heterocycles. The SMILES string of the molecule is O=C(O)c1ccc(NS(=O)(=O)N2CCCCCC2)c(Br)c1. The van der Waals surface area contributed by atoms with Gasteiger partial charge in [-0.15, -0.1) is 0 Å². The molecule has 1 heterocycles. The Morgan fingerprint density at radius 1 is 1.19 bits per heavy atom. The smallest absolute Gasteiger partial charge is 0.335 e. The molecule has 0 aromatic heterocycles. The van der Waals surface area contributed by atoms with Gasteiger partial charge in [-0.1, -0.05) is 12.8 Å². The Hall–Kier alpha value is -1.12. The molecule has 6 nitrogen and oxygen atoms in total. The van der Waals surface area contributed by atoms with Crippen molar-refractivity contribution in [1.29, 1.82) is 0 Å². The van der Waals surface area contributed by atoms with Crippen LogP contribution >= 0.6 is 15.9 Å². The number of halogens is 1. The number of hydrogen-bond acceptors (Lipinski definition) is 3. The van der Waals surface area contributed by atoms with Gasteiger partial charge in [0.15, 0.2) is 0 Å². The zero-order valence-corrected chi connectivity index (χ0v) is 13.8. The van der Waals surface area contributed by atoms with Crippen LogP contribution in [0.3, 0.4) is 0 Å². The number of carboxylic acids is 1. The number of rotatable bonds is 4. The topological polar surface area (TPSA) is 86.7 Å². The first kappa shape index (κ1) is 16.3. The summed E-state index contributed by atoms with van der Waals surface area (Å²) in [4.78, 5) is 10.9. The highest BCUT2D eigenvalue weighted by Gasteiger charge is 2.23. The van der Waals surface area contributed by atoms with Gasteiger partial charge in [0.1, 0.15) is 0 Å². The van der Waals surface area contributed by atoms with E-state index in [2.05, 4.69) is 20.7 Å². The second kappa shape index (κ2) is 6.76. The first-order valence-corrected chi connectivity index (χ1v) is 8.94. The average Bonchev–Trinajstić information content (AvgIpc) is 2.70. The minimum absolute atomic E-state index is 0.0968. The second-order valence-corrected chi connectivity index (χ2v) is 7.45. The molecule has 0 atom stereocenters. The molecule has 1 aliphatic heterocycles. The van der Waals surface area contributed by atoms with Gasteiger partial charge in [-0.2, -0.15) is 12.7 Å². The van der Waals surface area contributed by atoms with Gasteiger partial charge >= 0.3 is 16.2 Å². The van der Waals surface area contributed by atoms with Crippen LogP contribution in [0.15, 0.2) is 22.7 Å². The third-order valence-corrected chi connectivity index (χ3v) is 5.54. The molecule has 1 aromatic carbocycles. The van der Waals surface area contributed by atoms with Gasteiger partial charge in [-0.3, -0.25) is 4.72 Å². The minimum atomic E-state index is -3.61. The van der Waals surface area contributed by atoms with E-state index in [-0.39, 0.29) is 5.56 Å². The van der Waals surface area contributed by atoms with E-state index in [0.717, 1.165) is 25.7 Å². The summed E-state index contributed by atoms with van der Waals surface area (Å²) in [5.74, 6) is -1.06. The van der Waals surface area contributed by atoms with Crippen molar-refractivity contribution in [2.75, 3.05) is 17.8 Å². The Balaban J connectivity index is 2.18. The van der Waals surface area contributed by atoms with Gasteiger partial charge in [0.25, 0.3) is 0 Å². The van der Waals surface area contributed by atoms with Crippen molar-refractivity contribution in [1.82, 2.24) is 4.31 Å². The van der Waals surface area contributed by atoms with Crippen molar-refractivity contribution < 1.29 is 18.3 Å². The number of anilines is 1. The van der Waals surface area contributed by atoms with Crippen LogP contribution in [0.5, 0.6) is 0 Å². The number of benzene rings is 1. The highest BCUT2D eigenvalue weighted by molar-refractivity contribution is 9.10. The molecule has 1 aliphatic rings. The lowest BCUT2D eigenvalue weighted by Gasteiger charge is -2.21. The van der Waals surface area contributed by atoms with Gasteiger partial charge in [-0.25, -0.2) is 4.79 Å². The lowest BCUT2D eigenvalue weighted by atomic mass is 10.2. The maximum atomic E-state index is 12.4. The van der Waals surface area contributed by atoms with Crippen LogP contribution in [0, 0.1) is 0 Å². The molecule has 21 heavy (non-hydrogen) atoms. The molecule has 0 spiro atoms. The van der Waals surface area contributed by atoms with Gasteiger partial charge in [0, 0.05) is 17.6 Å². The van der Waals surface area contributed by atoms with Crippen molar-refractivity contribution in [3.05, 3.63) is 28.2 Å². The molecule has 2 rings (SSSR count). The van der Waals surface area contributed by atoms with E-state index >= 15 is 0 Å². The molecule has 0 bridgehead atoms. The Bertz CT molecular complexity index is 625. The van der Waals surface area contributed by atoms with Gasteiger partial charge in [0.05, 0.1) is 11.3 Å². The molecule has 0 aliphatic carbocycles. The summed E-state index contributed by atoms with van der Waals surface area (Å²) >= 11 is 3.20. The molecule has 8 heteroatoms. The third kappa shape index (κ3) is 4.18. The van der Waals surface area contributed by atoms with E-state index in [1.165, 1.54) is 22.5 Å². The largest absolute Gasteiger partial charge is 0.478 e. The summed E-state index contributed by atoms with van der Waals surface area (Å²) in [6.45, 7) is 1.03. The van der Waals surface area contributed by atoms with E-state index in [4.69, 9.17) is 5.11 Å². The maximum absolute atomic E-state index is 12.4. The molecule has 0 saturated carbocycles. The summed E-state index contributed by atoms with van der Waals surface area (Å²) < 4.78 is 29.1. The minimum Gasteiger partial charge on any atom is -0.478 e. The Kier molecular flexibility index (Phi) is 5.23. The Morgan fingerprint density at radius 3 is 2.33 bits per heavy atom. The number of aromatic carboxylic acids is 1.